The molecule has 1 aromatic carbocycles. The number of rotatable bonds is 5. The van der Waals surface area contributed by atoms with Gasteiger partial charge in [0, 0.05) is 31.4 Å². The summed E-state index contributed by atoms with van der Waals surface area (Å²) < 4.78 is 0. The standard InChI is InChI=1S/C10H14N2O4/c1-11(6-10(14)7-13)8-3-2-4-9(5-8)12(15)16/h2-5,10,13-14H,6-7H2,1H3. The summed E-state index contributed by atoms with van der Waals surface area (Å²) in [7, 11) is 1.69. The lowest BCUT2D eigenvalue weighted by Gasteiger charge is -2.21. The summed E-state index contributed by atoms with van der Waals surface area (Å²) in [6, 6.07) is 6.11. The number of nitro benzene ring substituents is 1. The molecule has 1 aromatic rings. The lowest BCUT2D eigenvalue weighted by molar-refractivity contribution is -0.384. The van der Waals surface area contributed by atoms with E-state index < -0.39 is 11.0 Å². The first kappa shape index (κ1) is 12.4. The first-order valence-electron chi connectivity index (χ1n) is 4.79. The molecule has 0 aromatic heterocycles. The van der Waals surface area contributed by atoms with Gasteiger partial charge < -0.3 is 15.1 Å². The van der Waals surface area contributed by atoms with Crippen LogP contribution in [0.3, 0.4) is 0 Å². The highest BCUT2D eigenvalue weighted by Gasteiger charge is 2.11. The second kappa shape index (κ2) is 5.43. The molecule has 0 saturated heterocycles. The Morgan fingerprint density at radius 3 is 2.81 bits per heavy atom. The minimum absolute atomic E-state index is 0.00263. The Bertz CT molecular complexity index is 370. The third-order valence-corrected chi connectivity index (χ3v) is 2.18. The number of hydrogen-bond acceptors (Lipinski definition) is 5. The largest absolute Gasteiger partial charge is 0.394 e. The maximum Gasteiger partial charge on any atom is 0.271 e. The lowest BCUT2D eigenvalue weighted by atomic mass is 10.2. The number of nitrogens with zero attached hydrogens (tertiary/aromatic N) is 2. The van der Waals surface area contributed by atoms with Crippen molar-refractivity contribution in [3.8, 4) is 0 Å². The summed E-state index contributed by atoms with van der Waals surface area (Å²) in [5.41, 5.74) is 0.629. The molecule has 0 bridgehead atoms. The van der Waals surface area contributed by atoms with E-state index in [1.165, 1.54) is 12.1 Å². The molecule has 1 atom stereocenters. The van der Waals surface area contributed by atoms with Gasteiger partial charge in [-0.2, -0.15) is 0 Å². The van der Waals surface area contributed by atoms with Gasteiger partial charge in [0.05, 0.1) is 17.6 Å². The minimum Gasteiger partial charge on any atom is -0.394 e. The Labute approximate surface area is 92.9 Å². The van der Waals surface area contributed by atoms with Gasteiger partial charge in [-0.25, -0.2) is 0 Å². The topological polar surface area (TPSA) is 86.8 Å². The Hall–Kier alpha value is -1.66. The molecule has 0 amide bonds. The Morgan fingerprint density at radius 2 is 2.25 bits per heavy atom. The van der Waals surface area contributed by atoms with E-state index in [1.54, 1.807) is 24.1 Å². The molecule has 0 heterocycles. The Morgan fingerprint density at radius 1 is 1.56 bits per heavy atom. The van der Waals surface area contributed by atoms with E-state index in [9.17, 15) is 15.2 Å². The van der Waals surface area contributed by atoms with Gasteiger partial charge >= 0.3 is 0 Å². The second-order valence-electron chi connectivity index (χ2n) is 3.49. The number of aliphatic hydroxyl groups excluding tert-OH is 2. The van der Waals surface area contributed by atoms with Crippen molar-refractivity contribution in [1.82, 2.24) is 0 Å². The summed E-state index contributed by atoms with van der Waals surface area (Å²) in [6.45, 7) is -0.114. The zero-order valence-corrected chi connectivity index (χ0v) is 8.91. The molecule has 1 rings (SSSR count). The molecule has 0 fully saturated rings. The number of benzene rings is 1. The van der Waals surface area contributed by atoms with Crippen molar-refractivity contribution in [2.45, 2.75) is 6.10 Å². The fourth-order valence-electron chi connectivity index (χ4n) is 1.32. The van der Waals surface area contributed by atoms with Crippen LogP contribution in [0.2, 0.25) is 0 Å². The fourth-order valence-corrected chi connectivity index (χ4v) is 1.32. The highest BCUT2D eigenvalue weighted by atomic mass is 16.6. The molecule has 0 aliphatic rings. The van der Waals surface area contributed by atoms with Gasteiger partial charge in [0.1, 0.15) is 0 Å². The van der Waals surface area contributed by atoms with Crippen molar-refractivity contribution in [3.63, 3.8) is 0 Å². The van der Waals surface area contributed by atoms with E-state index in [0.717, 1.165) is 0 Å². The van der Waals surface area contributed by atoms with E-state index in [4.69, 9.17) is 5.11 Å². The molecule has 88 valence electrons. The molecule has 0 radical (unpaired) electrons. The van der Waals surface area contributed by atoms with Crippen LogP contribution < -0.4 is 4.90 Å². The van der Waals surface area contributed by atoms with Gasteiger partial charge in [-0.15, -0.1) is 0 Å². The van der Waals surface area contributed by atoms with Crippen LogP contribution in [0, 0.1) is 10.1 Å². The smallest absolute Gasteiger partial charge is 0.271 e. The molecule has 0 aliphatic heterocycles. The number of likely N-dealkylation sites (N-methyl/N-ethyl adjacent to an activating group) is 1. The van der Waals surface area contributed by atoms with E-state index in [2.05, 4.69) is 0 Å². The Balaban J connectivity index is 2.79. The van der Waals surface area contributed by atoms with Crippen LogP contribution in [0.5, 0.6) is 0 Å². The second-order valence-corrected chi connectivity index (χ2v) is 3.49. The van der Waals surface area contributed by atoms with E-state index in [1.807, 2.05) is 0 Å². The molecule has 2 N–H and O–H groups in total. The molecule has 16 heavy (non-hydrogen) atoms. The highest BCUT2D eigenvalue weighted by Crippen LogP contribution is 2.19. The zero-order chi connectivity index (χ0) is 12.1. The average Bonchev–Trinajstić information content (AvgIpc) is 2.28. The normalized spacial score (nSPS) is 12.2. The van der Waals surface area contributed by atoms with Gasteiger partial charge in [-0.3, -0.25) is 10.1 Å². The van der Waals surface area contributed by atoms with Crippen LogP contribution in [0.4, 0.5) is 11.4 Å². The van der Waals surface area contributed by atoms with Crippen molar-refractivity contribution >= 4 is 11.4 Å². The number of aliphatic hydroxyl groups is 2. The summed E-state index contributed by atoms with van der Waals surface area (Å²) in [4.78, 5) is 11.7. The fraction of sp³-hybridized carbons (Fsp3) is 0.400. The molecule has 0 aliphatic carbocycles. The molecule has 6 nitrogen and oxygen atoms in total. The van der Waals surface area contributed by atoms with Crippen LogP contribution in [-0.4, -0.2) is 41.4 Å². The molecule has 0 spiro atoms. The SMILES string of the molecule is CN(CC(O)CO)c1cccc([N+](=O)[O-])c1. The van der Waals surface area contributed by atoms with Gasteiger partial charge in [-0.05, 0) is 6.07 Å². The minimum atomic E-state index is -0.857. The third kappa shape index (κ3) is 3.18. The molecule has 6 heteroatoms. The molecular weight excluding hydrogens is 212 g/mol. The van der Waals surface area contributed by atoms with Crippen molar-refractivity contribution in [2.24, 2.45) is 0 Å². The predicted octanol–water partition coefficient (Wildman–Crippen LogP) is 0.384. The van der Waals surface area contributed by atoms with Crippen LogP contribution >= 0.6 is 0 Å². The van der Waals surface area contributed by atoms with Crippen molar-refractivity contribution in [2.75, 3.05) is 25.1 Å². The number of non-ortho nitro benzene ring substituents is 1. The Kier molecular flexibility index (Phi) is 4.21. The van der Waals surface area contributed by atoms with Crippen molar-refractivity contribution in [3.05, 3.63) is 34.4 Å². The van der Waals surface area contributed by atoms with Gasteiger partial charge in [0.2, 0.25) is 0 Å². The lowest BCUT2D eigenvalue weighted by Crippen LogP contribution is -2.31. The average molecular weight is 226 g/mol. The maximum absolute atomic E-state index is 10.6. The summed E-state index contributed by atoms with van der Waals surface area (Å²) in [5, 5.41) is 28.5. The van der Waals surface area contributed by atoms with Crippen LogP contribution in [0.1, 0.15) is 0 Å². The highest BCUT2D eigenvalue weighted by molar-refractivity contribution is 5.52. The quantitative estimate of drug-likeness (QED) is 0.560. The summed E-state index contributed by atoms with van der Waals surface area (Å²) in [6.07, 6.45) is -0.857. The van der Waals surface area contributed by atoms with Crippen molar-refractivity contribution in [1.29, 1.82) is 0 Å². The van der Waals surface area contributed by atoms with Crippen LogP contribution in [0.15, 0.2) is 24.3 Å². The summed E-state index contributed by atoms with van der Waals surface area (Å²) >= 11 is 0. The third-order valence-electron chi connectivity index (χ3n) is 2.18. The van der Waals surface area contributed by atoms with E-state index >= 15 is 0 Å². The summed E-state index contributed by atoms with van der Waals surface area (Å²) in [5.74, 6) is 0. The molecule has 1 unspecified atom stereocenters. The predicted molar refractivity (Wildman–Crippen MR) is 59.5 cm³/mol. The van der Waals surface area contributed by atoms with Gasteiger partial charge in [0.15, 0.2) is 0 Å². The van der Waals surface area contributed by atoms with E-state index in [-0.39, 0.29) is 18.8 Å². The zero-order valence-electron chi connectivity index (χ0n) is 8.91. The first-order chi connectivity index (χ1) is 7.54. The first-order valence-corrected chi connectivity index (χ1v) is 4.79. The van der Waals surface area contributed by atoms with Gasteiger partial charge in [-0.1, -0.05) is 6.07 Å². The number of nitro groups is 1. The van der Waals surface area contributed by atoms with Gasteiger partial charge in [0.25, 0.3) is 5.69 Å². The number of hydrogen-bond donors (Lipinski definition) is 2. The van der Waals surface area contributed by atoms with Crippen LogP contribution in [0.25, 0.3) is 0 Å². The van der Waals surface area contributed by atoms with Crippen molar-refractivity contribution < 1.29 is 15.1 Å². The number of anilines is 1. The van der Waals surface area contributed by atoms with Crippen LogP contribution in [-0.2, 0) is 0 Å². The molecule has 0 saturated carbocycles. The van der Waals surface area contributed by atoms with E-state index in [0.29, 0.717) is 5.69 Å². The maximum atomic E-state index is 10.6. The monoisotopic (exact) mass is 226 g/mol. The molecular formula is C10H14N2O4.